The molecule has 2 heterocycles. The summed E-state index contributed by atoms with van der Waals surface area (Å²) < 4.78 is 39.4. The van der Waals surface area contributed by atoms with E-state index in [1.165, 1.54) is 22.8 Å². The van der Waals surface area contributed by atoms with E-state index in [0.29, 0.717) is 11.1 Å². The monoisotopic (exact) mass is 472 g/mol. The van der Waals surface area contributed by atoms with E-state index in [1.54, 1.807) is 19.1 Å². The third-order valence-electron chi connectivity index (χ3n) is 5.55. The van der Waals surface area contributed by atoms with Gasteiger partial charge in [-0.2, -0.15) is 13.2 Å². The number of benzene rings is 2. The predicted molar refractivity (Wildman–Crippen MR) is 116 cm³/mol. The van der Waals surface area contributed by atoms with Crippen LogP contribution in [-0.2, 0) is 27.0 Å². The average molecular weight is 472 g/mol. The van der Waals surface area contributed by atoms with Gasteiger partial charge in [0.2, 0.25) is 17.7 Å². The summed E-state index contributed by atoms with van der Waals surface area (Å²) in [6, 6.07) is 7.98. The van der Waals surface area contributed by atoms with Crippen molar-refractivity contribution in [2.45, 2.75) is 38.4 Å². The Hall–Kier alpha value is -4.02. The lowest BCUT2D eigenvalue weighted by Gasteiger charge is -2.24. The molecule has 2 N–H and O–H groups in total. The number of imide groups is 1. The third kappa shape index (κ3) is 4.54. The number of hydrogen-bond acceptors (Lipinski definition) is 5. The molecule has 4 rings (SSSR count). The minimum absolute atomic E-state index is 0.0752. The molecule has 0 saturated carbocycles. The summed E-state index contributed by atoms with van der Waals surface area (Å²) in [5.74, 6) is -1.29. The van der Waals surface area contributed by atoms with Gasteiger partial charge in [0.1, 0.15) is 11.9 Å². The zero-order valence-electron chi connectivity index (χ0n) is 17.9. The predicted octanol–water partition coefficient (Wildman–Crippen LogP) is 2.88. The molecule has 34 heavy (non-hydrogen) atoms. The van der Waals surface area contributed by atoms with Crippen molar-refractivity contribution in [2.75, 3.05) is 5.32 Å². The van der Waals surface area contributed by atoms with Crippen molar-refractivity contribution < 1.29 is 27.6 Å². The van der Waals surface area contributed by atoms with Gasteiger partial charge >= 0.3 is 6.18 Å². The Bertz CT molecular complexity index is 1360. The number of piperidine rings is 1. The number of aryl methyl sites for hydroxylation is 1. The summed E-state index contributed by atoms with van der Waals surface area (Å²) in [5.41, 5.74) is -0.546. The van der Waals surface area contributed by atoms with Crippen LogP contribution in [0.25, 0.3) is 10.9 Å². The number of carbonyl (C=O) groups excluding carboxylic acids is 3. The van der Waals surface area contributed by atoms with Crippen molar-refractivity contribution in [3.8, 4) is 0 Å². The minimum atomic E-state index is -4.47. The number of amides is 3. The Morgan fingerprint density at radius 3 is 2.50 bits per heavy atom. The number of nitrogens with one attached hydrogen (secondary N) is 2. The van der Waals surface area contributed by atoms with Crippen LogP contribution < -0.4 is 16.2 Å². The van der Waals surface area contributed by atoms with Gasteiger partial charge in [0.15, 0.2) is 0 Å². The van der Waals surface area contributed by atoms with Crippen LogP contribution >= 0.6 is 0 Å². The fourth-order valence-corrected chi connectivity index (χ4v) is 3.94. The van der Waals surface area contributed by atoms with Crippen LogP contribution in [0.3, 0.4) is 0 Å². The quantitative estimate of drug-likeness (QED) is 0.568. The van der Waals surface area contributed by atoms with Crippen molar-refractivity contribution >= 4 is 34.3 Å². The molecular formula is C23H19F3N4O4. The Labute approximate surface area is 190 Å². The minimum Gasteiger partial charge on any atom is -0.325 e. The number of anilines is 1. The van der Waals surface area contributed by atoms with Crippen molar-refractivity contribution in [3.05, 3.63) is 69.8 Å². The SMILES string of the molecule is Cc1nc2cccc(NC(=O)Cc3ccc(C(F)(F)F)cc3)c2c(=O)n1[C@@H]1CCC(=O)NC1=O. The second kappa shape index (κ2) is 8.73. The summed E-state index contributed by atoms with van der Waals surface area (Å²) in [4.78, 5) is 54.2. The molecular weight excluding hydrogens is 453 g/mol. The van der Waals surface area contributed by atoms with Gasteiger partial charge in [-0.25, -0.2) is 4.98 Å². The first-order chi connectivity index (χ1) is 16.0. The Balaban J connectivity index is 1.64. The number of fused-ring (bicyclic) bond motifs is 1. The highest BCUT2D eigenvalue weighted by Crippen LogP contribution is 2.29. The highest BCUT2D eigenvalue weighted by Gasteiger charge is 2.31. The van der Waals surface area contributed by atoms with E-state index in [0.717, 1.165) is 12.1 Å². The number of aromatic nitrogens is 2. The third-order valence-corrected chi connectivity index (χ3v) is 5.55. The molecule has 0 unspecified atom stereocenters. The van der Waals surface area contributed by atoms with Crippen LogP contribution in [0.4, 0.5) is 18.9 Å². The van der Waals surface area contributed by atoms with Gasteiger partial charge in [-0.3, -0.25) is 29.1 Å². The van der Waals surface area contributed by atoms with Crippen molar-refractivity contribution in [3.63, 3.8) is 0 Å². The molecule has 0 radical (unpaired) electrons. The molecule has 1 saturated heterocycles. The first kappa shape index (κ1) is 23.1. The van der Waals surface area contributed by atoms with Gasteiger partial charge in [-0.05, 0) is 43.2 Å². The average Bonchev–Trinajstić information content (AvgIpc) is 2.74. The number of hydrogen-bond donors (Lipinski definition) is 2. The maximum Gasteiger partial charge on any atom is 0.416 e. The Morgan fingerprint density at radius 1 is 1.15 bits per heavy atom. The topological polar surface area (TPSA) is 110 Å². The number of alkyl halides is 3. The largest absolute Gasteiger partial charge is 0.416 e. The van der Waals surface area contributed by atoms with Gasteiger partial charge in [0, 0.05) is 6.42 Å². The van der Waals surface area contributed by atoms with Gasteiger partial charge < -0.3 is 5.32 Å². The molecule has 1 fully saturated rings. The second-order valence-electron chi connectivity index (χ2n) is 7.92. The van der Waals surface area contributed by atoms with Gasteiger partial charge in [0.25, 0.3) is 5.56 Å². The summed E-state index contributed by atoms with van der Waals surface area (Å²) >= 11 is 0. The van der Waals surface area contributed by atoms with Crippen molar-refractivity contribution in [1.82, 2.24) is 14.9 Å². The van der Waals surface area contributed by atoms with Crippen molar-refractivity contribution in [2.24, 2.45) is 0 Å². The zero-order valence-corrected chi connectivity index (χ0v) is 17.9. The molecule has 2 aromatic carbocycles. The van der Waals surface area contributed by atoms with Crippen LogP contribution in [0.1, 0.15) is 35.8 Å². The lowest BCUT2D eigenvalue weighted by molar-refractivity contribution is -0.138. The molecule has 1 atom stereocenters. The second-order valence-corrected chi connectivity index (χ2v) is 7.92. The molecule has 0 spiro atoms. The highest BCUT2D eigenvalue weighted by molar-refractivity contribution is 6.02. The maximum atomic E-state index is 13.4. The Kier molecular flexibility index (Phi) is 5.94. The van der Waals surface area contributed by atoms with E-state index in [2.05, 4.69) is 15.6 Å². The smallest absolute Gasteiger partial charge is 0.325 e. The van der Waals surface area contributed by atoms with Crippen LogP contribution in [0.15, 0.2) is 47.3 Å². The number of carbonyl (C=O) groups is 3. The van der Waals surface area contributed by atoms with E-state index in [9.17, 15) is 32.3 Å². The molecule has 3 amide bonds. The number of rotatable bonds is 4. The lowest BCUT2D eigenvalue weighted by atomic mass is 10.0. The number of halogens is 3. The molecule has 11 heteroatoms. The van der Waals surface area contributed by atoms with Crippen LogP contribution in [-0.4, -0.2) is 27.3 Å². The highest BCUT2D eigenvalue weighted by atomic mass is 19.4. The first-order valence-corrected chi connectivity index (χ1v) is 10.4. The molecule has 8 nitrogen and oxygen atoms in total. The van der Waals surface area contributed by atoms with E-state index < -0.39 is 41.1 Å². The van der Waals surface area contributed by atoms with Crippen LogP contribution in [0.5, 0.6) is 0 Å². The van der Waals surface area contributed by atoms with Gasteiger partial charge in [-0.1, -0.05) is 18.2 Å². The number of nitrogens with zero attached hydrogens (tertiary/aromatic N) is 2. The molecule has 3 aromatic rings. The maximum absolute atomic E-state index is 13.4. The lowest BCUT2D eigenvalue weighted by Crippen LogP contribution is -2.45. The van der Waals surface area contributed by atoms with Gasteiger partial charge in [0.05, 0.1) is 28.6 Å². The van der Waals surface area contributed by atoms with Crippen LogP contribution in [0.2, 0.25) is 0 Å². The fourth-order valence-electron chi connectivity index (χ4n) is 3.94. The van der Waals surface area contributed by atoms with E-state index in [-0.39, 0.29) is 36.2 Å². The molecule has 1 aliphatic rings. The van der Waals surface area contributed by atoms with E-state index in [1.807, 2.05) is 0 Å². The molecule has 176 valence electrons. The molecule has 1 aromatic heterocycles. The summed E-state index contributed by atoms with van der Waals surface area (Å²) in [6.07, 6.45) is -4.47. The molecule has 0 bridgehead atoms. The normalized spacial score (nSPS) is 16.4. The van der Waals surface area contributed by atoms with Gasteiger partial charge in [-0.15, -0.1) is 0 Å². The van der Waals surface area contributed by atoms with Crippen LogP contribution in [0, 0.1) is 6.92 Å². The van der Waals surface area contributed by atoms with Crippen molar-refractivity contribution in [1.29, 1.82) is 0 Å². The zero-order chi connectivity index (χ0) is 24.6. The fraction of sp³-hybridized carbons (Fsp3) is 0.261. The summed E-state index contributed by atoms with van der Waals surface area (Å²) in [6.45, 7) is 1.57. The summed E-state index contributed by atoms with van der Waals surface area (Å²) in [7, 11) is 0. The molecule has 1 aliphatic heterocycles. The Morgan fingerprint density at radius 2 is 1.85 bits per heavy atom. The summed E-state index contributed by atoms with van der Waals surface area (Å²) in [5, 5.41) is 4.91. The first-order valence-electron chi connectivity index (χ1n) is 10.4. The van der Waals surface area contributed by atoms with E-state index in [4.69, 9.17) is 0 Å². The van der Waals surface area contributed by atoms with E-state index >= 15 is 0 Å². The molecule has 0 aliphatic carbocycles. The standard InChI is InChI=1S/C23H19F3N4O4/c1-12-27-15-3-2-4-16(20(15)22(34)30(12)17-9-10-18(31)29-21(17)33)28-19(32)11-13-5-7-14(8-6-13)23(24,25)26/h2-8,17H,9-11H2,1H3,(H,28,32)(H,29,31,33)/t17-/m1/s1.